The minimum atomic E-state index is -2.24. The zero-order chi connectivity index (χ0) is 15.1. The number of halogens is 9. The Kier molecular flexibility index (Phi) is 6.10. The molecule has 1 radical (unpaired) electrons. The van der Waals surface area contributed by atoms with Crippen molar-refractivity contribution in [1.82, 2.24) is 0 Å². The fraction of sp³-hybridized carbons (Fsp3) is 0.400. The van der Waals surface area contributed by atoms with E-state index in [1.165, 1.54) is 12.1 Å². The third-order valence-electron chi connectivity index (χ3n) is 2.26. The highest BCUT2D eigenvalue weighted by Crippen LogP contribution is 2.65. The second kappa shape index (κ2) is 6.14. The molecule has 0 nitrogen and oxygen atoms in total. The molecule has 0 aliphatic carbocycles. The summed E-state index contributed by atoms with van der Waals surface area (Å²) in [6.07, 6.45) is 0. The second-order valence-corrected chi connectivity index (χ2v) is 9.96. The van der Waals surface area contributed by atoms with Gasteiger partial charge in [-0.1, -0.05) is 117 Å². The van der Waals surface area contributed by atoms with Gasteiger partial charge in [-0.3, -0.25) is 0 Å². The lowest BCUT2D eigenvalue weighted by Crippen LogP contribution is -2.55. The van der Waals surface area contributed by atoms with E-state index in [1.54, 1.807) is 12.1 Å². The Hall–Kier alpha value is 1.83. The molecule has 1 aromatic rings. The third-order valence-corrected chi connectivity index (χ3v) is 6.93. The van der Waals surface area contributed by atoms with Crippen LogP contribution in [0.5, 0.6) is 0 Å². The normalized spacial score (nSPS) is 17.1. The van der Waals surface area contributed by atoms with Crippen LogP contribution in [0.1, 0.15) is 5.56 Å². The Bertz CT molecular complexity index is 431. The summed E-state index contributed by atoms with van der Waals surface area (Å²) in [7, 11) is 0. The molecule has 1 atom stereocenters. The highest BCUT2D eigenvalue weighted by atomic mass is 35.6. The van der Waals surface area contributed by atoms with E-state index >= 15 is 0 Å². The molecule has 9 heteroatoms. The maximum atomic E-state index is 6.37. The van der Waals surface area contributed by atoms with Crippen LogP contribution >= 0.6 is 104 Å². The van der Waals surface area contributed by atoms with E-state index in [2.05, 4.69) is 6.07 Å². The molecule has 19 heavy (non-hydrogen) atoms. The summed E-state index contributed by atoms with van der Waals surface area (Å²) < 4.78 is -6.62. The zero-order valence-corrected chi connectivity index (χ0v) is 15.5. The third kappa shape index (κ3) is 3.44. The van der Waals surface area contributed by atoms with Gasteiger partial charge >= 0.3 is 0 Å². The summed E-state index contributed by atoms with van der Waals surface area (Å²) >= 11 is 53.6. The van der Waals surface area contributed by atoms with Crippen LogP contribution < -0.4 is 0 Å². The topological polar surface area (TPSA) is 0 Å². The smallest absolute Gasteiger partial charge is 0.106 e. The van der Waals surface area contributed by atoms with Gasteiger partial charge in [0.05, 0.1) is 0 Å². The van der Waals surface area contributed by atoms with Crippen LogP contribution in [0.25, 0.3) is 0 Å². The molecule has 0 N–H and O–H groups in total. The Morgan fingerprint density at radius 3 is 1.58 bits per heavy atom. The molecule has 0 saturated heterocycles. The lowest BCUT2D eigenvalue weighted by atomic mass is 9.95. The first-order chi connectivity index (χ1) is 8.36. The van der Waals surface area contributed by atoms with Crippen molar-refractivity contribution in [3.63, 3.8) is 0 Å². The number of alkyl halides is 9. The molecule has 0 aromatic heterocycles. The second-order valence-electron chi connectivity index (χ2n) is 3.50. The van der Waals surface area contributed by atoms with Gasteiger partial charge < -0.3 is 0 Å². The quantitative estimate of drug-likeness (QED) is 0.440. The molecule has 0 heterocycles. The first kappa shape index (κ1) is 18.9. The van der Waals surface area contributed by atoms with E-state index in [0.717, 1.165) is 0 Å². The highest BCUT2D eigenvalue weighted by molar-refractivity contribution is 6.79. The predicted molar refractivity (Wildman–Crippen MR) is 87.8 cm³/mol. The maximum absolute atomic E-state index is 6.37. The van der Waals surface area contributed by atoms with Crippen LogP contribution in [0.2, 0.25) is 0 Å². The van der Waals surface area contributed by atoms with Gasteiger partial charge in [0.2, 0.25) is 7.59 Å². The van der Waals surface area contributed by atoms with Crippen molar-refractivity contribution in [3.05, 3.63) is 35.9 Å². The first-order valence-corrected chi connectivity index (χ1v) is 7.93. The summed E-state index contributed by atoms with van der Waals surface area (Å²) in [6, 6.07) is 9.11. The van der Waals surface area contributed by atoms with Crippen molar-refractivity contribution in [2.24, 2.45) is 0 Å². The number of rotatable bonds is 2. The molecule has 0 amide bonds. The van der Waals surface area contributed by atoms with Crippen LogP contribution in [0.3, 0.4) is 0 Å². The Balaban J connectivity index is 3.57. The summed E-state index contributed by atoms with van der Waals surface area (Å²) in [5, 5.41) is 0. The van der Waals surface area contributed by atoms with Gasteiger partial charge in [0, 0.05) is 0 Å². The fourth-order valence-electron chi connectivity index (χ4n) is 1.30. The summed E-state index contributed by atoms with van der Waals surface area (Å²) in [6.45, 7) is 0. The molecule has 0 aliphatic heterocycles. The molecule has 0 fully saturated rings. The van der Waals surface area contributed by atoms with Crippen molar-refractivity contribution in [1.29, 1.82) is 0 Å². The Morgan fingerprint density at radius 2 is 1.26 bits per heavy atom. The standard InChI is InChI=1S/C10H4Cl9/c11-7(9(14,15)16,6-4-2-1-3-5-6)8(12,13)10(17,18)19/h1-4H. The SMILES string of the molecule is ClC(Cl)(Cl)C(Cl)(Cl)C(Cl)(c1[c]cccc1)C(Cl)(Cl)Cl. The largest absolute Gasteiger partial charge is 0.225 e. The van der Waals surface area contributed by atoms with Gasteiger partial charge in [0.25, 0.3) is 0 Å². The molecule has 0 aliphatic rings. The molecule has 1 unspecified atom stereocenters. The molecular formula is C10H4Cl9. The Labute approximate surface area is 156 Å². The average Bonchev–Trinajstić information content (AvgIpc) is 2.25. The average molecular weight is 443 g/mol. The minimum absolute atomic E-state index is 0.174. The van der Waals surface area contributed by atoms with Gasteiger partial charge in [-0.2, -0.15) is 0 Å². The zero-order valence-electron chi connectivity index (χ0n) is 8.71. The van der Waals surface area contributed by atoms with Gasteiger partial charge in [-0.25, -0.2) is 0 Å². The van der Waals surface area contributed by atoms with Gasteiger partial charge in [-0.05, 0) is 11.6 Å². The van der Waals surface area contributed by atoms with Crippen LogP contribution in [0, 0.1) is 6.07 Å². The summed E-state index contributed by atoms with van der Waals surface area (Å²) in [5.41, 5.74) is 0.174. The van der Waals surface area contributed by atoms with Crippen molar-refractivity contribution >= 4 is 104 Å². The highest BCUT2D eigenvalue weighted by Gasteiger charge is 2.69. The Morgan fingerprint density at radius 1 is 0.737 bits per heavy atom. The summed E-state index contributed by atoms with van der Waals surface area (Å²) in [5.74, 6) is 0. The van der Waals surface area contributed by atoms with E-state index in [9.17, 15) is 0 Å². The lowest BCUT2D eigenvalue weighted by Gasteiger charge is -2.45. The molecule has 0 spiro atoms. The number of hydrogen-bond acceptors (Lipinski definition) is 0. The molecule has 0 saturated carbocycles. The minimum Gasteiger partial charge on any atom is -0.106 e. The molecule has 107 valence electrons. The van der Waals surface area contributed by atoms with Crippen LogP contribution in [-0.4, -0.2) is 11.9 Å². The van der Waals surface area contributed by atoms with Crippen molar-refractivity contribution in [3.8, 4) is 0 Å². The summed E-state index contributed by atoms with van der Waals surface area (Å²) in [4.78, 5) is -2.04. The molecule has 1 rings (SSSR count). The number of hydrogen-bond donors (Lipinski definition) is 0. The van der Waals surface area contributed by atoms with Crippen LogP contribution in [0.15, 0.2) is 24.3 Å². The predicted octanol–water partition coefficient (Wildman–Crippen LogP) is 6.84. The van der Waals surface area contributed by atoms with Crippen LogP contribution in [0.4, 0.5) is 0 Å². The van der Waals surface area contributed by atoms with E-state index < -0.39 is 16.8 Å². The van der Waals surface area contributed by atoms with Crippen molar-refractivity contribution < 1.29 is 0 Å². The van der Waals surface area contributed by atoms with Crippen LogP contribution in [-0.2, 0) is 4.87 Å². The monoisotopic (exact) mass is 439 g/mol. The lowest BCUT2D eigenvalue weighted by molar-refractivity contribution is 0.537. The fourth-order valence-corrected chi connectivity index (χ4v) is 3.64. The van der Waals surface area contributed by atoms with E-state index in [-0.39, 0.29) is 5.56 Å². The number of benzene rings is 1. The van der Waals surface area contributed by atoms with E-state index in [4.69, 9.17) is 104 Å². The van der Waals surface area contributed by atoms with E-state index in [0.29, 0.717) is 0 Å². The first-order valence-electron chi connectivity index (χ1n) is 4.53. The van der Waals surface area contributed by atoms with Crippen molar-refractivity contribution in [2.45, 2.75) is 16.8 Å². The van der Waals surface area contributed by atoms with Gasteiger partial charge in [0.1, 0.15) is 0 Å². The van der Waals surface area contributed by atoms with Gasteiger partial charge in [-0.15, -0.1) is 11.6 Å². The van der Waals surface area contributed by atoms with Gasteiger partial charge in [0.15, 0.2) is 9.21 Å². The maximum Gasteiger partial charge on any atom is 0.225 e. The molecular weight excluding hydrogens is 439 g/mol. The van der Waals surface area contributed by atoms with E-state index in [1.807, 2.05) is 0 Å². The molecule has 0 bridgehead atoms. The van der Waals surface area contributed by atoms with Crippen molar-refractivity contribution in [2.75, 3.05) is 0 Å². The molecule has 1 aromatic carbocycles.